The number of nitrogens with two attached hydrogens (primary N) is 1. The highest BCUT2D eigenvalue weighted by Crippen LogP contribution is 2.13. The molecule has 1 atom stereocenters. The van der Waals surface area contributed by atoms with E-state index < -0.39 is 0 Å². The summed E-state index contributed by atoms with van der Waals surface area (Å²) >= 11 is 0. The summed E-state index contributed by atoms with van der Waals surface area (Å²) in [5.41, 5.74) is 8.48. The highest BCUT2D eigenvalue weighted by atomic mass is 15.3. The molecule has 0 saturated heterocycles. The van der Waals surface area contributed by atoms with Crippen molar-refractivity contribution in [1.29, 1.82) is 0 Å². The minimum absolute atomic E-state index is 0.413. The largest absolute Gasteiger partial charge is 0.330 e. The van der Waals surface area contributed by atoms with Gasteiger partial charge in [-0.3, -0.25) is 4.68 Å². The van der Waals surface area contributed by atoms with E-state index >= 15 is 0 Å². The van der Waals surface area contributed by atoms with Crippen molar-refractivity contribution >= 4 is 0 Å². The van der Waals surface area contributed by atoms with Gasteiger partial charge in [0.05, 0.1) is 0 Å². The number of aryl methyl sites for hydroxylation is 2. The SMILES string of the molecule is Cc1ccc(CC(CN)Cc2ncnn2C)cc1. The predicted molar refractivity (Wildman–Crippen MR) is 72.1 cm³/mol. The molecule has 2 N–H and O–H groups in total. The van der Waals surface area contributed by atoms with Gasteiger partial charge >= 0.3 is 0 Å². The monoisotopic (exact) mass is 244 g/mol. The molecule has 0 saturated carbocycles. The van der Waals surface area contributed by atoms with Crippen LogP contribution in [0.15, 0.2) is 30.6 Å². The van der Waals surface area contributed by atoms with Gasteiger partial charge in [0.25, 0.3) is 0 Å². The summed E-state index contributed by atoms with van der Waals surface area (Å²) in [7, 11) is 1.92. The van der Waals surface area contributed by atoms with Crippen LogP contribution in [0.3, 0.4) is 0 Å². The minimum Gasteiger partial charge on any atom is -0.330 e. The van der Waals surface area contributed by atoms with Crippen LogP contribution in [-0.4, -0.2) is 21.3 Å². The van der Waals surface area contributed by atoms with E-state index in [1.165, 1.54) is 11.1 Å². The first kappa shape index (κ1) is 12.8. The molecule has 96 valence electrons. The van der Waals surface area contributed by atoms with E-state index in [4.69, 9.17) is 5.73 Å². The molecule has 18 heavy (non-hydrogen) atoms. The van der Waals surface area contributed by atoms with Crippen molar-refractivity contribution < 1.29 is 0 Å². The van der Waals surface area contributed by atoms with Crippen LogP contribution in [0.2, 0.25) is 0 Å². The van der Waals surface area contributed by atoms with Crippen molar-refractivity contribution in [3.8, 4) is 0 Å². The van der Waals surface area contributed by atoms with Crippen molar-refractivity contribution in [3.63, 3.8) is 0 Å². The Morgan fingerprint density at radius 3 is 2.50 bits per heavy atom. The quantitative estimate of drug-likeness (QED) is 0.866. The lowest BCUT2D eigenvalue weighted by Gasteiger charge is -2.14. The zero-order valence-electron chi connectivity index (χ0n) is 11.0. The van der Waals surface area contributed by atoms with E-state index in [0.717, 1.165) is 18.7 Å². The van der Waals surface area contributed by atoms with E-state index in [2.05, 4.69) is 41.3 Å². The highest BCUT2D eigenvalue weighted by Gasteiger charge is 2.12. The molecular weight excluding hydrogens is 224 g/mol. The summed E-state index contributed by atoms with van der Waals surface area (Å²) in [5, 5.41) is 4.09. The summed E-state index contributed by atoms with van der Waals surface area (Å²) in [4.78, 5) is 4.26. The maximum absolute atomic E-state index is 5.86. The fraction of sp³-hybridized carbons (Fsp3) is 0.429. The standard InChI is InChI=1S/C14H20N4/c1-11-3-5-12(6-4-11)7-13(9-15)8-14-16-10-17-18(14)2/h3-6,10,13H,7-9,15H2,1-2H3. The van der Waals surface area contributed by atoms with Gasteiger partial charge in [0, 0.05) is 13.5 Å². The van der Waals surface area contributed by atoms with Gasteiger partial charge in [0.1, 0.15) is 12.2 Å². The van der Waals surface area contributed by atoms with Crippen molar-refractivity contribution in [2.45, 2.75) is 19.8 Å². The molecule has 1 aromatic carbocycles. The first-order valence-corrected chi connectivity index (χ1v) is 6.27. The molecule has 0 aliphatic heterocycles. The molecule has 1 heterocycles. The molecule has 1 unspecified atom stereocenters. The summed E-state index contributed by atoms with van der Waals surface area (Å²) in [6.07, 6.45) is 3.46. The fourth-order valence-corrected chi connectivity index (χ4v) is 2.06. The normalized spacial score (nSPS) is 12.6. The Hall–Kier alpha value is -1.68. The molecule has 0 radical (unpaired) electrons. The van der Waals surface area contributed by atoms with Gasteiger partial charge in [-0.05, 0) is 31.4 Å². The van der Waals surface area contributed by atoms with Gasteiger partial charge < -0.3 is 5.73 Å². The van der Waals surface area contributed by atoms with Crippen molar-refractivity contribution in [2.75, 3.05) is 6.54 Å². The second kappa shape index (κ2) is 5.78. The van der Waals surface area contributed by atoms with Crippen LogP contribution in [0.4, 0.5) is 0 Å². The third kappa shape index (κ3) is 3.17. The number of aromatic nitrogens is 3. The van der Waals surface area contributed by atoms with Gasteiger partial charge in [0.2, 0.25) is 0 Å². The Morgan fingerprint density at radius 1 is 1.22 bits per heavy atom. The Balaban J connectivity index is 2.01. The van der Waals surface area contributed by atoms with Crippen LogP contribution in [0, 0.1) is 12.8 Å². The Kier molecular flexibility index (Phi) is 4.10. The Labute approximate surface area is 108 Å². The summed E-state index contributed by atoms with van der Waals surface area (Å²) in [5.74, 6) is 1.41. The van der Waals surface area contributed by atoms with E-state index in [-0.39, 0.29) is 0 Å². The molecule has 2 rings (SSSR count). The topological polar surface area (TPSA) is 56.7 Å². The van der Waals surface area contributed by atoms with E-state index in [9.17, 15) is 0 Å². The zero-order valence-corrected chi connectivity index (χ0v) is 11.0. The van der Waals surface area contributed by atoms with Crippen molar-refractivity contribution in [2.24, 2.45) is 18.7 Å². The van der Waals surface area contributed by atoms with E-state index in [0.29, 0.717) is 12.5 Å². The highest BCUT2D eigenvalue weighted by molar-refractivity contribution is 5.21. The molecule has 0 aliphatic carbocycles. The van der Waals surface area contributed by atoms with Crippen LogP contribution >= 0.6 is 0 Å². The summed E-state index contributed by atoms with van der Waals surface area (Å²) in [6.45, 7) is 2.77. The Bertz CT molecular complexity index is 487. The molecule has 4 nitrogen and oxygen atoms in total. The summed E-state index contributed by atoms with van der Waals surface area (Å²) < 4.78 is 1.82. The van der Waals surface area contributed by atoms with Gasteiger partial charge in [-0.25, -0.2) is 4.98 Å². The third-order valence-electron chi connectivity index (χ3n) is 3.25. The fourth-order valence-electron chi connectivity index (χ4n) is 2.06. The van der Waals surface area contributed by atoms with Crippen LogP contribution in [-0.2, 0) is 19.9 Å². The van der Waals surface area contributed by atoms with Crippen LogP contribution in [0.5, 0.6) is 0 Å². The number of nitrogens with zero attached hydrogens (tertiary/aromatic N) is 3. The average Bonchev–Trinajstić information content (AvgIpc) is 2.77. The van der Waals surface area contributed by atoms with Gasteiger partial charge in [-0.1, -0.05) is 29.8 Å². The number of hydrogen-bond donors (Lipinski definition) is 1. The molecular formula is C14H20N4. The molecule has 4 heteroatoms. The second-order valence-corrected chi connectivity index (χ2v) is 4.80. The average molecular weight is 244 g/mol. The lowest BCUT2D eigenvalue weighted by Crippen LogP contribution is -2.21. The second-order valence-electron chi connectivity index (χ2n) is 4.80. The first-order valence-electron chi connectivity index (χ1n) is 6.27. The number of benzene rings is 1. The maximum Gasteiger partial charge on any atom is 0.138 e. The van der Waals surface area contributed by atoms with Gasteiger partial charge in [0.15, 0.2) is 0 Å². The van der Waals surface area contributed by atoms with Gasteiger partial charge in [-0.15, -0.1) is 0 Å². The Morgan fingerprint density at radius 2 is 1.94 bits per heavy atom. The van der Waals surface area contributed by atoms with Crippen LogP contribution in [0.25, 0.3) is 0 Å². The minimum atomic E-state index is 0.413. The number of hydrogen-bond acceptors (Lipinski definition) is 3. The smallest absolute Gasteiger partial charge is 0.138 e. The van der Waals surface area contributed by atoms with Crippen molar-refractivity contribution in [1.82, 2.24) is 14.8 Å². The molecule has 0 spiro atoms. The molecule has 1 aromatic heterocycles. The van der Waals surface area contributed by atoms with Crippen LogP contribution in [0.1, 0.15) is 17.0 Å². The first-order chi connectivity index (χ1) is 8.69. The maximum atomic E-state index is 5.86. The molecule has 0 aliphatic rings. The lowest BCUT2D eigenvalue weighted by atomic mass is 9.95. The molecule has 0 bridgehead atoms. The number of rotatable bonds is 5. The summed E-state index contributed by atoms with van der Waals surface area (Å²) in [6, 6.07) is 8.64. The van der Waals surface area contributed by atoms with Crippen LogP contribution < -0.4 is 5.73 Å². The lowest BCUT2D eigenvalue weighted by molar-refractivity contribution is 0.503. The zero-order chi connectivity index (χ0) is 13.0. The van der Waals surface area contributed by atoms with Gasteiger partial charge in [-0.2, -0.15) is 5.10 Å². The molecule has 0 fully saturated rings. The third-order valence-corrected chi connectivity index (χ3v) is 3.25. The predicted octanol–water partition coefficient (Wildman–Crippen LogP) is 1.48. The van der Waals surface area contributed by atoms with E-state index in [1.807, 2.05) is 11.7 Å². The molecule has 0 amide bonds. The van der Waals surface area contributed by atoms with E-state index in [1.54, 1.807) is 6.33 Å². The van der Waals surface area contributed by atoms with Crippen molar-refractivity contribution in [3.05, 3.63) is 47.5 Å². The molecule has 2 aromatic rings.